The summed E-state index contributed by atoms with van der Waals surface area (Å²) in [6.45, 7) is 2.96. The van der Waals surface area contributed by atoms with Gasteiger partial charge < -0.3 is 0 Å². The molecule has 0 saturated heterocycles. The van der Waals surface area contributed by atoms with Crippen LogP contribution in [0.2, 0.25) is 5.02 Å². The molecule has 0 aromatic heterocycles. The highest BCUT2D eigenvalue weighted by Crippen LogP contribution is 2.25. The Labute approximate surface area is 201 Å². The maximum atomic E-state index is 13.3. The summed E-state index contributed by atoms with van der Waals surface area (Å²) in [7, 11) is -4.08. The third-order valence-electron chi connectivity index (χ3n) is 4.86. The third-order valence-corrected chi connectivity index (χ3v) is 6.90. The van der Waals surface area contributed by atoms with Gasteiger partial charge >= 0.3 is 0 Å². The number of hydrogen-bond acceptors (Lipinski definition) is 6. The van der Waals surface area contributed by atoms with E-state index in [1.165, 1.54) is 48.5 Å². The van der Waals surface area contributed by atoms with Gasteiger partial charge in [-0.25, -0.2) is 13.8 Å². The number of non-ortho nitro benzene ring substituents is 1. The van der Waals surface area contributed by atoms with Gasteiger partial charge in [0.1, 0.15) is 6.54 Å². The first-order valence-corrected chi connectivity index (χ1v) is 11.8. The van der Waals surface area contributed by atoms with Crippen molar-refractivity contribution >= 4 is 44.6 Å². The predicted molar refractivity (Wildman–Crippen MR) is 131 cm³/mol. The first kappa shape index (κ1) is 24.9. The van der Waals surface area contributed by atoms with Crippen LogP contribution in [0.5, 0.6) is 0 Å². The molecule has 0 bridgehead atoms. The van der Waals surface area contributed by atoms with Crippen LogP contribution >= 0.6 is 11.6 Å². The molecule has 1 N–H and O–H groups in total. The van der Waals surface area contributed by atoms with E-state index < -0.39 is 27.4 Å². The average molecular weight is 501 g/mol. The number of amides is 1. The van der Waals surface area contributed by atoms with Crippen LogP contribution in [-0.2, 0) is 14.8 Å². The largest absolute Gasteiger partial charge is 0.271 e. The van der Waals surface area contributed by atoms with Gasteiger partial charge in [-0.15, -0.1) is 0 Å². The molecule has 11 heteroatoms. The maximum absolute atomic E-state index is 13.3. The summed E-state index contributed by atoms with van der Waals surface area (Å²) < 4.78 is 27.6. The van der Waals surface area contributed by atoms with E-state index in [9.17, 15) is 23.3 Å². The molecule has 0 radical (unpaired) electrons. The summed E-state index contributed by atoms with van der Waals surface area (Å²) in [6.07, 6.45) is 0. The van der Waals surface area contributed by atoms with Crippen LogP contribution in [0.1, 0.15) is 18.1 Å². The minimum Gasteiger partial charge on any atom is -0.271 e. The first-order valence-electron chi connectivity index (χ1n) is 10.0. The molecule has 1 amide bonds. The molecule has 0 unspecified atom stereocenters. The number of rotatable bonds is 8. The molecular weight excluding hydrogens is 480 g/mol. The van der Waals surface area contributed by atoms with Crippen molar-refractivity contribution < 1.29 is 18.1 Å². The van der Waals surface area contributed by atoms with E-state index in [1.807, 2.05) is 6.92 Å². The van der Waals surface area contributed by atoms with Crippen LogP contribution in [0.15, 0.2) is 82.8 Å². The summed E-state index contributed by atoms with van der Waals surface area (Å²) >= 11 is 5.88. The van der Waals surface area contributed by atoms with Crippen molar-refractivity contribution in [3.05, 3.63) is 99.1 Å². The van der Waals surface area contributed by atoms with E-state index >= 15 is 0 Å². The lowest BCUT2D eigenvalue weighted by Gasteiger charge is -2.24. The van der Waals surface area contributed by atoms with Gasteiger partial charge in [-0.1, -0.05) is 29.3 Å². The van der Waals surface area contributed by atoms with Gasteiger partial charge in [0.2, 0.25) is 0 Å². The van der Waals surface area contributed by atoms with Crippen molar-refractivity contribution in [3.8, 4) is 0 Å². The number of nitrogens with zero attached hydrogens (tertiary/aromatic N) is 3. The number of carbonyl (C=O) groups is 1. The standard InChI is InChI=1S/C23H21ClN4O5S/c1-16-3-9-20(10-4-16)27(34(32,33)22-13-7-19(24)8-14-22)15-23(29)26-25-17(2)18-5-11-21(12-6-18)28(30)31/h3-14H,15H2,1-2H3,(H,26,29)/b25-17-. The van der Waals surface area contributed by atoms with Gasteiger partial charge in [0.15, 0.2) is 0 Å². The Bertz CT molecular complexity index is 1320. The van der Waals surface area contributed by atoms with E-state index in [1.54, 1.807) is 31.2 Å². The Morgan fingerprint density at radius 1 is 1.03 bits per heavy atom. The predicted octanol–water partition coefficient (Wildman–Crippen LogP) is 4.29. The van der Waals surface area contributed by atoms with Crippen LogP contribution in [-0.4, -0.2) is 31.5 Å². The van der Waals surface area contributed by atoms with Crippen LogP contribution < -0.4 is 9.73 Å². The van der Waals surface area contributed by atoms with Crippen molar-refractivity contribution in [1.29, 1.82) is 0 Å². The number of hydrazone groups is 1. The number of benzene rings is 3. The topological polar surface area (TPSA) is 122 Å². The number of nitro benzene ring substituents is 1. The molecule has 0 aliphatic rings. The van der Waals surface area contributed by atoms with Crippen molar-refractivity contribution in [1.82, 2.24) is 5.43 Å². The number of anilines is 1. The monoisotopic (exact) mass is 500 g/mol. The Balaban J connectivity index is 1.83. The summed E-state index contributed by atoms with van der Waals surface area (Å²) in [5.74, 6) is -0.667. The van der Waals surface area contributed by atoms with Crippen LogP contribution in [0.4, 0.5) is 11.4 Å². The van der Waals surface area contributed by atoms with Gasteiger partial charge in [0.05, 0.1) is 21.2 Å². The molecule has 3 aromatic rings. The van der Waals surface area contributed by atoms with Gasteiger partial charge in [0, 0.05) is 17.2 Å². The Morgan fingerprint density at radius 3 is 2.18 bits per heavy atom. The number of sulfonamides is 1. The Morgan fingerprint density at radius 2 is 1.62 bits per heavy atom. The zero-order valence-corrected chi connectivity index (χ0v) is 19.9. The lowest BCUT2D eigenvalue weighted by molar-refractivity contribution is -0.384. The van der Waals surface area contributed by atoms with Gasteiger partial charge in [-0.3, -0.25) is 19.2 Å². The van der Waals surface area contributed by atoms with E-state index in [-0.39, 0.29) is 10.6 Å². The molecule has 176 valence electrons. The molecular formula is C23H21ClN4O5S. The van der Waals surface area contributed by atoms with Gasteiger partial charge in [-0.05, 0) is 67.9 Å². The Hall–Kier alpha value is -3.76. The minimum absolute atomic E-state index is 0.0177. The normalized spacial score (nSPS) is 11.7. The number of nitrogens with one attached hydrogen (secondary N) is 1. The number of nitro groups is 1. The highest BCUT2D eigenvalue weighted by molar-refractivity contribution is 7.92. The Kier molecular flexibility index (Phi) is 7.64. The van der Waals surface area contributed by atoms with Crippen LogP contribution in [0, 0.1) is 17.0 Å². The highest BCUT2D eigenvalue weighted by Gasteiger charge is 2.27. The highest BCUT2D eigenvalue weighted by atomic mass is 35.5. The van der Waals surface area contributed by atoms with Crippen molar-refractivity contribution in [2.75, 3.05) is 10.8 Å². The number of aryl methyl sites for hydroxylation is 1. The smallest absolute Gasteiger partial charge is 0.269 e. The summed E-state index contributed by atoms with van der Waals surface area (Å²) in [6, 6.07) is 18.0. The van der Waals surface area contributed by atoms with E-state index in [4.69, 9.17) is 11.6 Å². The van der Waals surface area contributed by atoms with Crippen molar-refractivity contribution in [3.63, 3.8) is 0 Å². The molecule has 3 rings (SSSR count). The molecule has 0 aliphatic carbocycles. The molecule has 0 aliphatic heterocycles. The lowest BCUT2D eigenvalue weighted by atomic mass is 10.1. The molecule has 34 heavy (non-hydrogen) atoms. The third kappa shape index (κ3) is 5.97. The SMILES string of the molecule is C/C(=N/NC(=O)CN(c1ccc(C)cc1)S(=O)(=O)c1ccc(Cl)cc1)c1ccc([N+](=O)[O-])cc1. The molecule has 0 spiro atoms. The van der Waals surface area contributed by atoms with E-state index in [0.717, 1.165) is 9.87 Å². The molecule has 3 aromatic carbocycles. The van der Waals surface area contributed by atoms with Crippen LogP contribution in [0.25, 0.3) is 0 Å². The molecule has 0 saturated carbocycles. The number of hydrogen-bond donors (Lipinski definition) is 1. The quantitative estimate of drug-likeness (QED) is 0.281. The summed E-state index contributed by atoms with van der Waals surface area (Å²) in [4.78, 5) is 22.9. The van der Waals surface area contributed by atoms with Gasteiger partial charge in [-0.2, -0.15) is 5.10 Å². The summed E-state index contributed by atoms with van der Waals surface area (Å²) in [5, 5.41) is 15.2. The second-order valence-electron chi connectivity index (χ2n) is 7.34. The number of halogens is 1. The molecule has 0 fully saturated rings. The van der Waals surface area contributed by atoms with Gasteiger partial charge in [0.25, 0.3) is 21.6 Å². The second-order valence-corrected chi connectivity index (χ2v) is 9.64. The van der Waals surface area contributed by atoms with Crippen LogP contribution in [0.3, 0.4) is 0 Å². The zero-order chi connectivity index (χ0) is 24.9. The minimum atomic E-state index is -4.08. The summed E-state index contributed by atoms with van der Waals surface area (Å²) in [5.41, 5.74) is 4.48. The second kappa shape index (κ2) is 10.4. The van der Waals surface area contributed by atoms with E-state index in [0.29, 0.717) is 22.0 Å². The molecule has 0 atom stereocenters. The molecule has 0 heterocycles. The maximum Gasteiger partial charge on any atom is 0.269 e. The number of carbonyl (C=O) groups excluding carboxylic acids is 1. The van der Waals surface area contributed by atoms with E-state index in [2.05, 4.69) is 10.5 Å². The van der Waals surface area contributed by atoms with Crippen molar-refractivity contribution in [2.45, 2.75) is 18.7 Å². The first-order chi connectivity index (χ1) is 16.1. The fourth-order valence-corrected chi connectivity index (χ4v) is 4.51. The average Bonchev–Trinajstić information content (AvgIpc) is 2.82. The zero-order valence-electron chi connectivity index (χ0n) is 18.3. The fraction of sp³-hybridized carbons (Fsp3) is 0.130. The lowest BCUT2D eigenvalue weighted by Crippen LogP contribution is -2.39. The fourth-order valence-electron chi connectivity index (χ4n) is 2.96. The molecule has 9 nitrogen and oxygen atoms in total. The van der Waals surface area contributed by atoms with Crippen molar-refractivity contribution in [2.24, 2.45) is 5.10 Å².